The molecule has 3 heterocycles. The predicted octanol–water partition coefficient (Wildman–Crippen LogP) is 3.17. The van der Waals surface area contributed by atoms with Crippen molar-refractivity contribution in [2.24, 2.45) is 0 Å². The molecule has 2 amide bonds. The van der Waals surface area contributed by atoms with Crippen molar-refractivity contribution in [3.63, 3.8) is 0 Å². The van der Waals surface area contributed by atoms with Crippen LogP contribution in [-0.2, 0) is 4.79 Å². The van der Waals surface area contributed by atoms with Crippen LogP contribution in [0.25, 0.3) is 11.1 Å². The fourth-order valence-corrected chi connectivity index (χ4v) is 3.41. The van der Waals surface area contributed by atoms with Crippen molar-refractivity contribution in [1.82, 2.24) is 15.3 Å². The molecule has 0 saturated heterocycles. The fourth-order valence-electron chi connectivity index (χ4n) is 3.41. The molecule has 0 aliphatic carbocycles. The van der Waals surface area contributed by atoms with E-state index in [-0.39, 0.29) is 18.2 Å². The molecule has 5 rings (SSSR count). The highest BCUT2D eigenvalue weighted by Gasteiger charge is 2.31. The highest BCUT2D eigenvalue weighted by atomic mass is 16.5. The third-order valence-corrected chi connectivity index (χ3v) is 5.06. The average molecular weight is 430 g/mol. The molecule has 2 aromatic carbocycles. The molecule has 4 aromatic rings. The van der Waals surface area contributed by atoms with E-state index < -0.39 is 11.9 Å². The maximum absolute atomic E-state index is 13.0. The summed E-state index contributed by atoms with van der Waals surface area (Å²) >= 11 is 0. The first-order chi connectivity index (χ1) is 15.6. The number of carbonyl (C=O) groups excluding carboxylic acids is 2. The van der Waals surface area contributed by atoms with E-state index in [1.807, 2.05) is 18.2 Å². The maximum Gasteiger partial charge on any atom is 0.270 e. The first-order valence-electron chi connectivity index (χ1n) is 9.86. The number of nitrogens with zero attached hydrogens (tertiary/aromatic N) is 3. The summed E-state index contributed by atoms with van der Waals surface area (Å²) in [6, 6.07) is 14.9. The van der Waals surface area contributed by atoms with Crippen LogP contribution in [0.1, 0.15) is 10.5 Å². The van der Waals surface area contributed by atoms with Gasteiger partial charge in [0.25, 0.3) is 11.8 Å². The van der Waals surface area contributed by atoms with E-state index in [9.17, 15) is 9.59 Å². The number of amides is 2. The van der Waals surface area contributed by atoms with Gasteiger partial charge in [-0.3, -0.25) is 14.6 Å². The van der Waals surface area contributed by atoms with E-state index in [1.165, 1.54) is 23.6 Å². The number of hydrogen-bond acceptors (Lipinski definition) is 7. The van der Waals surface area contributed by atoms with Gasteiger partial charge in [0.2, 0.25) is 0 Å². The number of ether oxygens (including phenoxy) is 2. The minimum atomic E-state index is -0.903. The monoisotopic (exact) mass is 430 g/mol. The number of rotatable bonds is 4. The number of likely N-dealkylation sites (N-methyl/N-ethyl adjacent to an activating group) is 1. The molecule has 9 heteroatoms. The molecule has 1 aliphatic rings. The number of carbonyl (C=O) groups is 2. The molecule has 0 fully saturated rings. The molecule has 9 nitrogen and oxygen atoms in total. The lowest BCUT2D eigenvalue weighted by atomic mass is 10.2. The number of anilines is 1. The Morgan fingerprint density at radius 3 is 2.81 bits per heavy atom. The molecule has 0 bridgehead atoms. The lowest BCUT2D eigenvalue weighted by Crippen LogP contribution is -2.49. The van der Waals surface area contributed by atoms with Crippen molar-refractivity contribution in [2.75, 3.05) is 18.6 Å². The second-order valence-electron chi connectivity index (χ2n) is 7.17. The van der Waals surface area contributed by atoms with Crippen molar-refractivity contribution in [2.45, 2.75) is 6.04 Å². The Morgan fingerprint density at radius 2 is 1.97 bits per heavy atom. The zero-order valence-electron chi connectivity index (χ0n) is 17.0. The molecular weight excluding hydrogens is 412 g/mol. The van der Waals surface area contributed by atoms with Gasteiger partial charge in [0.15, 0.2) is 12.0 Å². The second kappa shape index (κ2) is 8.03. The van der Waals surface area contributed by atoms with Crippen molar-refractivity contribution >= 4 is 28.6 Å². The molecule has 0 spiro atoms. The lowest BCUT2D eigenvalue weighted by molar-refractivity contribution is -0.120. The Morgan fingerprint density at radius 1 is 1.12 bits per heavy atom. The molecule has 0 radical (unpaired) electrons. The van der Waals surface area contributed by atoms with Gasteiger partial charge in [0.1, 0.15) is 41.1 Å². The minimum Gasteiger partial charge on any atom is -0.489 e. The Hall–Kier alpha value is -4.40. The van der Waals surface area contributed by atoms with Gasteiger partial charge in [-0.25, -0.2) is 4.98 Å². The average Bonchev–Trinajstić information content (AvgIpc) is 3.24. The summed E-state index contributed by atoms with van der Waals surface area (Å²) in [5, 5.41) is 2.70. The first kappa shape index (κ1) is 19.6. The first-order valence-corrected chi connectivity index (χ1v) is 9.86. The van der Waals surface area contributed by atoms with Crippen molar-refractivity contribution in [3.8, 4) is 17.2 Å². The Labute approximate surface area is 182 Å². The van der Waals surface area contributed by atoms with E-state index in [0.29, 0.717) is 34.0 Å². The summed E-state index contributed by atoms with van der Waals surface area (Å²) < 4.78 is 16.9. The number of para-hydroxylation sites is 1. The van der Waals surface area contributed by atoms with Gasteiger partial charge in [0.05, 0.1) is 5.69 Å². The van der Waals surface area contributed by atoms with Crippen molar-refractivity contribution in [1.29, 1.82) is 0 Å². The number of oxazole rings is 1. The molecule has 1 atom stereocenters. The van der Waals surface area contributed by atoms with E-state index in [4.69, 9.17) is 13.9 Å². The van der Waals surface area contributed by atoms with Crippen LogP contribution < -0.4 is 19.7 Å². The minimum absolute atomic E-state index is 0.0362. The van der Waals surface area contributed by atoms with Crippen LogP contribution in [-0.4, -0.2) is 41.5 Å². The van der Waals surface area contributed by atoms with Crippen molar-refractivity contribution < 1.29 is 23.5 Å². The topological polar surface area (TPSA) is 107 Å². The normalized spacial score (nSPS) is 15.6. The van der Waals surface area contributed by atoms with Gasteiger partial charge in [-0.1, -0.05) is 18.2 Å². The standard InChI is InChI=1S/C23H18N4O5/c1-27-19-11-20-16(25-13-31-20)10-21(19)30-12-18(23(27)29)26-22(28)17-9-15(7-8-24-17)32-14-5-3-2-4-6-14/h2-11,13,18H,12H2,1H3,(H,26,28)/t18-/m0/s1. The van der Waals surface area contributed by atoms with Crippen LogP contribution in [0.15, 0.2) is 71.6 Å². The number of nitrogens with one attached hydrogen (secondary N) is 1. The molecule has 0 saturated carbocycles. The van der Waals surface area contributed by atoms with Crippen LogP contribution in [0.3, 0.4) is 0 Å². The van der Waals surface area contributed by atoms with Crippen LogP contribution in [0.2, 0.25) is 0 Å². The Bertz CT molecular complexity index is 1300. The summed E-state index contributed by atoms with van der Waals surface area (Å²) in [5.41, 5.74) is 1.81. The summed E-state index contributed by atoms with van der Waals surface area (Å²) in [6.45, 7) is -0.0362. The van der Waals surface area contributed by atoms with E-state index in [0.717, 1.165) is 0 Å². The second-order valence-corrected chi connectivity index (χ2v) is 7.17. The summed E-state index contributed by atoms with van der Waals surface area (Å²) in [5.74, 6) is 0.736. The maximum atomic E-state index is 13.0. The number of fused-ring (bicyclic) bond motifs is 2. The predicted molar refractivity (Wildman–Crippen MR) is 115 cm³/mol. The van der Waals surface area contributed by atoms with E-state index >= 15 is 0 Å². The van der Waals surface area contributed by atoms with Gasteiger partial charge >= 0.3 is 0 Å². The number of pyridine rings is 1. The molecular formula is C23H18N4O5. The Balaban J connectivity index is 1.33. The summed E-state index contributed by atoms with van der Waals surface area (Å²) in [4.78, 5) is 35.5. The summed E-state index contributed by atoms with van der Waals surface area (Å²) in [6.07, 6.45) is 2.81. The van der Waals surface area contributed by atoms with Crippen molar-refractivity contribution in [3.05, 3.63) is 72.9 Å². The smallest absolute Gasteiger partial charge is 0.270 e. The number of aromatic nitrogens is 2. The highest BCUT2D eigenvalue weighted by molar-refractivity contribution is 6.03. The zero-order chi connectivity index (χ0) is 22.1. The Kier molecular flexibility index (Phi) is 4.91. The molecule has 32 heavy (non-hydrogen) atoms. The number of benzene rings is 2. The van der Waals surface area contributed by atoms with Crippen LogP contribution >= 0.6 is 0 Å². The fraction of sp³-hybridized carbons (Fsp3) is 0.130. The highest BCUT2D eigenvalue weighted by Crippen LogP contribution is 2.34. The van der Waals surface area contributed by atoms with E-state index in [1.54, 1.807) is 37.4 Å². The lowest BCUT2D eigenvalue weighted by Gasteiger charge is -2.20. The molecule has 2 aromatic heterocycles. The molecule has 1 aliphatic heterocycles. The van der Waals surface area contributed by atoms with Gasteiger partial charge in [-0.2, -0.15) is 0 Å². The van der Waals surface area contributed by atoms with E-state index in [2.05, 4.69) is 15.3 Å². The zero-order valence-corrected chi connectivity index (χ0v) is 17.0. The number of hydrogen-bond donors (Lipinski definition) is 1. The quantitative estimate of drug-likeness (QED) is 0.530. The SMILES string of the molecule is CN1C(=O)[C@@H](NC(=O)c2cc(Oc3ccccc3)ccn2)COc2cc3ncoc3cc21. The molecule has 160 valence electrons. The summed E-state index contributed by atoms with van der Waals surface area (Å²) in [7, 11) is 1.61. The third-order valence-electron chi connectivity index (χ3n) is 5.06. The van der Waals surface area contributed by atoms with Gasteiger partial charge in [-0.05, 0) is 18.2 Å². The van der Waals surface area contributed by atoms with Gasteiger partial charge in [0, 0.05) is 31.4 Å². The van der Waals surface area contributed by atoms with Gasteiger partial charge < -0.3 is 24.1 Å². The van der Waals surface area contributed by atoms with Crippen LogP contribution in [0.4, 0.5) is 5.69 Å². The molecule has 0 unspecified atom stereocenters. The third kappa shape index (κ3) is 3.71. The van der Waals surface area contributed by atoms with Crippen LogP contribution in [0, 0.1) is 0 Å². The van der Waals surface area contributed by atoms with Gasteiger partial charge in [-0.15, -0.1) is 0 Å². The van der Waals surface area contributed by atoms with Crippen LogP contribution in [0.5, 0.6) is 17.2 Å². The largest absolute Gasteiger partial charge is 0.489 e. The molecule has 1 N–H and O–H groups in total.